The SMILES string of the molecule is Cc1cc(C)c2nc(N(Cc3ccccn3)C(=O)c3ccc4nccnc4c3)sc2c1. The van der Waals surface area contributed by atoms with Crippen LogP contribution in [0.2, 0.25) is 0 Å². The first-order valence-corrected chi connectivity index (χ1v) is 10.7. The molecular weight excluding hydrogens is 406 g/mol. The lowest BCUT2D eigenvalue weighted by Crippen LogP contribution is -2.30. The van der Waals surface area contributed by atoms with Gasteiger partial charge in [-0.3, -0.25) is 24.6 Å². The Morgan fingerprint density at radius 3 is 2.58 bits per heavy atom. The molecule has 0 saturated carbocycles. The van der Waals surface area contributed by atoms with Crippen LogP contribution < -0.4 is 4.90 Å². The number of nitrogens with zero attached hydrogens (tertiary/aromatic N) is 5. The molecule has 0 fully saturated rings. The number of hydrogen-bond acceptors (Lipinski definition) is 6. The minimum atomic E-state index is -0.147. The van der Waals surface area contributed by atoms with Crippen molar-refractivity contribution in [3.8, 4) is 0 Å². The molecule has 5 rings (SSSR count). The summed E-state index contributed by atoms with van der Waals surface area (Å²) in [6.45, 7) is 4.44. The number of benzene rings is 2. The summed E-state index contributed by atoms with van der Waals surface area (Å²) in [5.74, 6) is -0.147. The van der Waals surface area contributed by atoms with Gasteiger partial charge in [0.2, 0.25) is 0 Å². The van der Waals surface area contributed by atoms with Gasteiger partial charge in [-0.05, 0) is 61.4 Å². The number of rotatable bonds is 4. The highest BCUT2D eigenvalue weighted by Crippen LogP contribution is 2.33. The zero-order valence-electron chi connectivity index (χ0n) is 17.1. The van der Waals surface area contributed by atoms with Crippen molar-refractivity contribution in [2.24, 2.45) is 0 Å². The molecule has 0 saturated heterocycles. The van der Waals surface area contributed by atoms with E-state index in [-0.39, 0.29) is 5.91 Å². The Kier molecular flexibility index (Phi) is 4.88. The van der Waals surface area contributed by atoms with Crippen LogP contribution in [0.25, 0.3) is 21.3 Å². The Hall–Kier alpha value is -3.71. The predicted molar refractivity (Wildman–Crippen MR) is 123 cm³/mol. The molecule has 0 spiro atoms. The van der Waals surface area contributed by atoms with Crippen molar-refractivity contribution in [1.82, 2.24) is 19.9 Å². The van der Waals surface area contributed by atoms with Crippen LogP contribution in [-0.4, -0.2) is 25.8 Å². The molecular formula is C24H19N5OS. The minimum absolute atomic E-state index is 0.147. The first-order chi connectivity index (χ1) is 15.1. The number of anilines is 1. The third kappa shape index (κ3) is 3.75. The first-order valence-electron chi connectivity index (χ1n) is 9.89. The van der Waals surface area contributed by atoms with Crippen molar-refractivity contribution in [1.29, 1.82) is 0 Å². The Labute approximate surface area is 183 Å². The Balaban J connectivity index is 1.61. The van der Waals surface area contributed by atoms with Crippen LogP contribution in [0.5, 0.6) is 0 Å². The fourth-order valence-corrected chi connectivity index (χ4v) is 4.75. The number of carbonyl (C=O) groups is 1. The van der Waals surface area contributed by atoms with Crippen LogP contribution in [0.15, 0.2) is 67.1 Å². The van der Waals surface area contributed by atoms with Crippen molar-refractivity contribution < 1.29 is 4.79 Å². The van der Waals surface area contributed by atoms with Gasteiger partial charge < -0.3 is 0 Å². The lowest BCUT2D eigenvalue weighted by Gasteiger charge is -2.19. The molecule has 1 amide bonds. The normalized spacial score (nSPS) is 11.2. The van der Waals surface area contributed by atoms with E-state index in [1.165, 1.54) is 16.9 Å². The van der Waals surface area contributed by atoms with Gasteiger partial charge in [-0.25, -0.2) is 4.98 Å². The quantitative estimate of drug-likeness (QED) is 0.401. The maximum absolute atomic E-state index is 13.6. The van der Waals surface area contributed by atoms with Gasteiger partial charge >= 0.3 is 0 Å². The van der Waals surface area contributed by atoms with Crippen molar-refractivity contribution in [2.45, 2.75) is 20.4 Å². The molecule has 152 valence electrons. The van der Waals surface area contributed by atoms with Crippen molar-refractivity contribution in [3.05, 3.63) is 89.5 Å². The van der Waals surface area contributed by atoms with Gasteiger partial charge in [0, 0.05) is 24.2 Å². The van der Waals surface area contributed by atoms with Crippen molar-refractivity contribution in [3.63, 3.8) is 0 Å². The van der Waals surface area contributed by atoms with Crippen LogP contribution >= 0.6 is 11.3 Å². The Bertz CT molecular complexity index is 1410. The second-order valence-corrected chi connectivity index (χ2v) is 8.41. The highest BCUT2D eigenvalue weighted by molar-refractivity contribution is 7.22. The topological polar surface area (TPSA) is 71.9 Å². The van der Waals surface area contributed by atoms with Gasteiger partial charge in [-0.15, -0.1) is 0 Å². The molecule has 2 aromatic carbocycles. The number of fused-ring (bicyclic) bond motifs is 2. The van der Waals surface area contributed by atoms with Gasteiger partial charge in [0.15, 0.2) is 5.13 Å². The predicted octanol–water partition coefficient (Wildman–Crippen LogP) is 5.10. The van der Waals surface area contributed by atoms with Gasteiger partial charge in [0.1, 0.15) is 0 Å². The molecule has 31 heavy (non-hydrogen) atoms. The summed E-state index contributed by atoms with van der Waals surface area (Å²) >= 11 is 1.52. The molecule has 0 aliphatic rings. The lowest BCUT2D eigenvalue weighted by molar-refractivity contribution is 0.0985. The summed E-state index contributed by atoms with van der Waals surface area (Å²) < 4.78 is 1.07. The number of pyridine rings is 1. The van der Waals surface area contributed by atoms with Crippen LogP contribution in [0.3, 0.4) is 0 Å². The summed E-state index contributed by atoms with van der Waals surface area (Å²) in [6.07, 6.45) is 5.00. The van der Waals surface area contributed by atoms with E-state index in [1.807, 2.05) is 31.2 Å². The third-order valence-corrected chi connectivity index (χ3v) is 6.08. The molecule has 0 unspecified atom stereocenters. The Morgan fingerprint density at radius 2 is 1.77 bits per heavy atom. The monoisotopic (exact) mass is 425 g/mol. The number of hydrogen-bond donors (Lipinski definition) is 0. The van der Waals surface area contributed by atoms with E-state index < -0.39 is 0 Å². The fraction of sp³-hybridized carbons (Fsp3) is 0.125. The van der Waals surface area contributed by atoms with Gasteiger partial charge in [0.25, 0.3) is 5.91 Å². The third-order valence-electron chi connectivity index (χ3n) is 5.06. The zero-order valence-corrected chi connectivity index (χ0v) is 17.9. The van der Waals surface area contributed by atoms with Gasteiger partial charge in [-0.2, -0.15) is 0 Å². The number of amides is 1. The molecule has 0 N–H and O–H groups in total. The van der Waals surface area contributed by atoms with E-state index in [4.69, 9.17) is 4.98 Å². The second-order valence-electron chi connectivity index (χ2n) is 7.40. The largest absolute Gasteiger partial charge is 0.278 e. The van der Waals surface area contributed by atoms with E-state index >= 15 is 0 Å². The standard InChI is InChI=1S/C24H19N5OS/c1-15-11-16(2)22-21(12-15)31-24(28-22)29(14-18-5-3-4-8-25-18)23(30)17-6-7-19-20(13-17)27-10-9-26-19/h3-13H,14H2,1-2H3. The summed E-state index contributed by atoms with van der Waals surface area (Å²) in [5.41, 5.74) is 5.97. The molecule has 0 bridgehead atoms. The fourth-order valence-electron chi connectivity index (χ4n) is 3.61. The number of thiazole rings is 1. The average Bonchev–Trinajstić information content (AvgIpc) is 3.21. The number of carbonyl (C=O) groups excluding carboxylic acids is 1. The summed E-state index contributed by atoms with van der Waals surface area (Å²) in [7, 11) is 0. The van der Waals surface area contributed by atoms with Crippen molar-refractivity contribution in [2.75, 3.05) is 4.90 Å². The summed E-state index contributed by atoms with van der Waals surface area (Å²) in [6, 6.07) is 15.3. The molecule has 5 aromatic rings. The van der Waals surface area contributed by atoms with Crippen LogP contribution in [0.4, 0.5) is 5.13 Å². The van der Waals surface area contributed by atoms with Crippen LogP contribution in [0.1, 0.15) is 27.2 Å². The van der Waals surface area contributed by atoms with Crippen LogP contribution in [-0.2, 0) is 6.54 Å². The minimum Gasteiger partial charge on any atom is -0.278 e. The Morgan fingerprint density at radius 1 is 0.935 bits per heavy atom. The van der Waals surface area contributed by atoms with E-state index in [2.05, 4.69) is 34.0 Å². The van der Waals surface area contributed by atoms with Gasteiger partial charge in [0.05, 0.1) is 33.5 Å². The first kappa shape index (κ1) is 19.3. The van der Waals surface area contributed by atoms with Crippen LogP contribution in [0, 0.1) is 13.8 Å². The highest BCUT2D eigenvalue weighted by Gasteiger charge is 2.23. The van der Waals surface area contributed by atoms with Gasteiger partial charge in [-0.1, -0.05) is 23.5 Å². The molecule has 0 aliphatic heterocycles. The van der Waals surface area contributed by atoms with E-state index in [9.17, 15) is 4.79 Å². The highest BCUT2D eigenvalue weighted by atomic mass is 32.1. The molecule has 3 aromatic heterocycles. The molecule has 0 atom stereocenters. The number of aryl methyl sites for hydroxylation is 2. The molecule has 3 heterocycles. The summed E-state index contributed by atoms with van der Waals surface area (Å²) in [4.78, 5) is 33.2. The average molecular weight is 426 g/mol. The van der Waals surface area contributed by atoms with E-state index in [0.29, 0.717) is 22.8 Å². The lowest BCUT2D eigenvalue weighted by atomic mass is 10.1. The summed E-state index contributed by atoms with van der Waals surface area (Å²) in [5, 5.41) is 0.651. The molecule has 0 radical (unpaired) electrons. The maximum Gasteiger partial charge on any atom is 0.260 e. The second kappa shape index (κ2) is 7.85. The molecule has 6 nitrogen and oxygen atoms in total. The maximum atomic E-state index is 13.6. The van der Waals surface area contributed by atoms with E-state index in [0.717, 1.165) is 27.0 Å². The van der Waals surface area contributed by atoms with E-state index in [1.54, 1.807) is 35.6 Å². The zero-order chi connectivity index (χ0) is 21.4. The molecule has 7 heteroatoms. The smallest absolute Gasteiger partial charge is 0.260 e. The molecule has 0 aliphatic carbocycles. The van der Waals surface area contributed by atoms with Crippen molar-refractivity contribution >= 4 is 43.6 Å². The number of aromatic nitrogens is 4.